The molecule has 0 aliphatic rings. The summed E-state index contributed by atoms with van der Waals surface area (Å²) < 4.78 is 330. The highest BCUT2D eigenvalue weighted by Gasteiger charge is 2.43. The highest BCUT2D eigenvalue weighted by molar-refractivity contribution is 7.20. The van der Waals surface area contributed by atoms with Gasteiger partial charge in [0.05, 0.1) is 70.0 Å². The van der Waals surface area contributed by atoms with Crippen molar-refractivity contribution >= 4 is 101 Å². The maximum atomic E-state index is 9.81. The summed E-state index contributed by atoms with van der Waals surface area (Å²) in [5, 5.41) is -5.00. The molecule has 2 nitrogen and oxygen atoms in total. The van der Waals surface area contributed by atoms with Crippen molar-refractivity contribution in [1.82, 2.24) is 9.13 Å². The third-order valence-corrected chi connectivity index (χ3v) is 22.0. The van der Waals surface area contributed by atoms with Gasteiger partial charge in [-0.2, -0.15) is 0 Å². The number of aromatic nitrogens is 2. The minimum absolute atomic E-state index is 0.0164. The fraction of sp³-hybridized carbons (Fsp3) is 0. The maximum Gasteiger partial charge on any atom is 0.179 e. The first-order chi connectivity index (χ1) is 52.2. The fourth-order valence-electron chi connectivity index (χ4n) is 10.6. The summed E-state index contributed by atoms with van der Waals surface area (Å²) in [6, 6.07) is -8.11. The fourth-order valence-corrected chi connectivity index (χ4v) is 18.3. The Hall–Kier alpha value is -9.33. The zero-order valence-electron chi connectivity index (χ0n) is 74.2. The van der Waals surface area contributed by atoms with E-state index in [0.29, 0.717) is 11.1 Å². The number of benzene rings is 12. The molecule has 2 heterocycles. The molecular weight excluding hydrogens is 949 g/mol. The molecule has 0 saturated carbocycles. The Labute approximate surface area is 494 Å². The molecule has 4 heteroatoms. The third kappa shape index (κ3) is 7.14. The van der Waals surface area contributed by atoms with Gasteiger partial charge in [0, 0.05) is 32.9 Å². The van der Waals surface area contributed by atoms with Crippen molar-refractivity contribution in [3.63, 3.8) is 0 Å². The molecule has 0 bridgehead atoms. The average Bonchev–Trinajstić information content (AvgIpc) is 1.52. The van der Waals surface area contributed by atoms with Gasteiger partial charge in [-0.1, -0.05) is 266 Å². The average molecular weight is 1040 g/mol. The predicted octanol–water partition coefficient (Wildman–Crippen LogP) is 12.3. The Kier molecular flexibility index (Phi) is 5.43. The van der Waals surface area contributed by atoms with Gasteiger partial charge < -0.3 is 9.13 Å². The van der Waals surface area contributed by atoms with E-state index < -0.39 is 264 Å². The van der Waals surface area contributed by atoms with Crippen LogP contribution < -0.4 is 41.5 Å². The van der Waals surface area contributed by atoms with E-state index in [2.05, 4.69) is 0 Å². The molecule has 0 N–H and O–H groups in total. The van der Waals surface area contributed by atoms with Gasteiger partial charge in [-0.3, -0.25) is 0 Å². The molecule has 0 saturated heterocycles. The van der Waals surface area contributed by atoms with Gasteiger partial charge in [-0.05, 0) is 101 Å². The van der Waals surface area contributed by atoms with Gasteiger partial charge in [-0.15, -0.1) is 0 Å². The monoisotopic (exact) mass is 1040 g/mol. The van der Waals surface area contributed by atoms with E-state index >= 15 is 0 Å². The standard InChI is InChI=1S/C72H52N2Si2/c1-9-26-53(27-10-1)54-44-47-69-67(50-54)71-70(73(69)56-30-25-43-63(51-56)75(57-31-13-3-14-32-57,58-33-15-4-16-34-58)59-35-17-5-18-36-59)49-46-65-66-52-64(45-48-68(66)74(72(65)71)55-28-11-2-12-29-55)76(60-37-19-6-20-38-60,61-39-21-7-22-40-61)62-41-23-8-24-42-62/h1-52H/i2D,3D,4D,5D,6D,7D,8D,11D,12D,13D,14D,15D,16D,17D,18D,19D,20D,21D,22D,23D,24D,28D,29D,31D,32D,33D,34D,35D,36D,37D,38D,39D,40D,41D,42D. The van der Waals surface area contributed by atoms with Gasteiger partial charge >= 0.3 is 0 Å². The number of fused-ring (bicyclic) bond motifs is 7. The minimum atomic E-state index is -5.90. The van der Waals surface area contributed by atoms with Crippen LogP contribution in [0.5, 0.6) is 0 Å². The minimum Gasteiger partial charge on any atom is -0.309 e. The molecule has 14 rings (SSSR count). The lowest BCUT2D eigenvalue weighted by Gasteiger charge is -2.34. The first-order valence-electron chi connectivity index (χ1n) is 41.0. The van der Waals surface area contributed by atoms with Crippen LogP contribution in [0.15, 0.2) is 315 Å². The zero-order valence-corrected chi connectivity index (χ0v) is 41.2. The summed E-state index contributed by atoms with van der Waals surface area (Å²) in [6.07, 6.45) is 0. The van der Waals surface area contributed by atoms with Gasteiger partial charge in [0.25, 0.3) is 0 Å². The van der Waals surface area contributed by atoms with Crippen LogP contribution in [0.25, 0.3) is 66.1 Å². The van der Waals surface area contributed by atoms with E-state index in [9.17, 15) is 30.2 Å². The lowest BCUT2D eigenvalue weighted by molar-refractivity contribution is 1.18. The Morgan fingerprint density at radius 1 is 0.263 bits per heavy atom. The first kappa shape index (κ1) is 21.9. The van der Waals surface area contributed by atoms with E-state index in [-0.39, 0.29) is 59.7 Å². The molecule has 12 aromatic carbocycles. The lowest BCUT2D eigenvalue weighted by Crippen LogP contribution is -2.74. The van der Waals surface area contributed by atoms with Gasteiger partial charge in [0.15, 0.2) is 16.1 Å². The van der Waals surface area contributed by atoms with Crippen LogP contribution in [0.2, 0.25) is 0 Å². The lowest BCUT2D eigenvalue weighted by atomic mass is 10.0. The Morgan fingerprint density at radius 3 is 1.20 bits per heavy atom. The molecule has 0 fully saturated rings. The summed E-state index contributed by atoms with van der Waals surface area (Å²) in [5.41, 5.74) is 0.947. The second-order valence-electron chi connectivity index (χ2n) is 17.4. The summed E-state index contributed by atoms with van der Waals surface area (Å²) in [4.78, 5) is 0. The van der Waals surface area contributed by atoms with Crippen LogP contribution in [-0.4, -0.2) is 25.3 Å². The first-order valence-corrected chi connectivity index (χ1v) is 27.5. The summed E-state index contributed by atoms with van der Waals surface area (Å²) in [6.45, 7) is 0. The predicted molar refractivity (Wildman–Crippen MR) is 328 cm³/mol. The molecule has 76 heavy (non-hydrogen) atoms. The topological polar surface area (TPSA) is 9.86 Å². The number of para-hydroxylation sites is 1. The molecular formula is C72H52N2Si2. The maximum absolute atomic E-state index is 9.81. The molecule has 0 aliphatic carbocycles. The largest absolute Gasteiger partial charge is 0.309 e. The summed E-state index contributed by atoms with van der Waals surface area (Å²) in [7, 11) is -11.7. The van der Waals surface area contributed by atoms with Gasteiger partial charge in [0.2, 0.25) is 0 Å². The molecule has 2 aromatic heterocycles. The normalized spacial score (nSPS) is 18.4. The number of hydrogen-bond acceptors (Lipinski definition) is 0. The van der Waals surface area contributed by atoms with Crippen LogP contribution in [0.1, 0.15) is 48.0 Å². The number of rotatable bonds is 11. The Bertz CT molecular complexity index is 6010. The highest BCUT2D eigenvalue weighted by atomic mass is 28.3. The van der Waals surface area contributed by atoms with Crippen molar-refractivity contribution < 1.29 is 48.0 Å². The van der Waals surface area contributed by atoms with E-state index in [1.54, 1.807) is 59.2 Å². The van der Waals surface area contributed by atoms with E-state index in [1.165, 1.54) is 53.1 Å². The third-order valence-electron chi connectivity index (χ3n) is 13.7. The van der Waals surface area contributed by atoms with E-state index in [4.69, 9.17) is 17.8 Å². The van der Waals surface area contributed by atoms with Crippen molar-refractivity contribution in [1.29, 1.82) is 0 Å². The number of hydrogen-bond donors (Lipinski definition) is 0. The van der Waals surface area contributed by atoms with Crippen molar-refractivity contribution in [2.45, 2.75) is 0 Å². The Balaban J connectivity index is 1.24. The molecule has 358 valence electrons. The van der Waals surface area contributed by atoms with Crippen LogP contribution in [0.4, 0.5) is 0 Å². The van der Waals surface area contributed by atoms with Crippen molar-refractivity contribution in [3.8, 4) is 22.5 Å². The molecule has 0 amide bonds. The second kappa shape index (κ2) is 18.9. The Morgan fingerprint density at radius 2 is 0.697 bits per heavy atom. The summed E-state index contributed by atoms with van der Waals surface area (Å²) in [5.74, 6) is 0. The van der Waals surface area contributed by atoms with E-state index in [0.717, 1.165) is 0 Å². The highest BCUT2D eigenvalue weighted by Crippen LogP contribution is 2.43. The van der Waals surface area contributed by atoms with E-state index in [1.807, 2.05) is 0 Å². The van der Waals surface area contributed by atoms with Crippen LogP contribution in [0, 0.1) is 0 Å². The van der Waals surface area contributed by atoms with Crippen molar-refractivity contribution in [2.24, 2.45) is 0 Å². The smallest absolute Gasteiger partial charge is 0.179 e. The molecule has 0 radical (unpaired) electrons. The zero-order chi connectivity index (χ0) is 80.9. The number of nitrogens with zero attached hydrogens (tertiary/aromatic N) is 2. The van der Waals surface area contributed by atoms with Crippen LogP contribution >= 0.6 is 0 Å². The molecule has 0 unspecified atom stereocenters. The quantitative estimate of drug-likeness (QED) is 0.0903. The second-order valence-corrected chi connectivity index (χ2v) is 24.5. The van der Waals surface area contributed by atoms with Gasteiger partial charge in [-0.25, -0.2) is 0 Å². The van der Waals surface area contributed by atoms with Crippen LogP contribution in [-0.2, 0) is 0 Å². The molecule has 0 spiro atoms. The molecule has 0 atom stereocenters. The van der Waals surface area contributed by atoms with Gasteiger partial charge in [0.1, 0.15) is 0 Å². The SMILES string of the molecule is [2H]c1c([2H])c([2H])c(-n2c3ccc([Si](c4c([2H])c([2H])c([2H])c([2H])c4[2H])(c4c([2H])c([2H])c([2H])c([2H])c4[2H])c4c([2H])c([2H])c([2H])c([2H])c4[2H])cc3c3ccc4c(c5cc(-c6ccccc6)ccc5n4-c4cccc([Si](c5c([2H])c([2H])c([2H])c([2H])c5[2H])(c5c([2H])c([2H])c([2H])c([2H])c5[2H])c5c([2H])c([2H])c([2H])c([2H])c5[2H])c4)c32)c([2H])c1[2H]. The van der Waals surface area contributed by atoms with Crippen LogP contribution in [0.3, 0.4) is 0 Å². The molecule has 0 aliphatic heterocycles. The molecule has 14 aromatic rings. The van der Waals surface area contributed by atoms with Crippen molar-refractivity contribution in [3.05, 3.63) is 315 Å². The summed E-state index contributed by atoms with van der Waals surface area (Å²) >= 11 is 0. The van der Waals surface area contributed by atoms with Crippen molar-refractivity contribution in [2.75, 3.05) is 0 Å².